The molecule has 7 heteroatoms. The molecule has 0 bridgehead atoms. The van der Waals surface area contributed by atoms with Crippen LogP contribution in [0.25, 0.3) is 0 Å². The van der Waals surface area contributed by atoms with Crippen LogP contribution in [-0.4, -0.2) is 59.6 Å². The summed E-state index contributed by atoms with van der Waals surface area (Å²) in [5.41, 5.74) is 5.86. The standard InChI is InChI=1S/C17H31N7/c1-4-5-6-7-8-11-19-16-20-15(18)21-17(22-16)24(3)14-9-12-23(2)13-10-14/h7-8,14H,4-6,9-13H2,1-3H3,(H3,18,19,20,21,22). The Balaban J connectivity index is 1.93. The number of nitrogens with one attached hydrogen (secondary N) is 1. The number of hydrogen-bond acceptors (Lipinski definition) is 7. The molecule has 2 rings (SSSR count). The SMILES string of the molecule is CCCCC=CCNc1nc(N)nc(N(C)C2CCN(C)CC2)n1. The maximum absolute atomic E-state index is 5.86. The molecule has 1 aromatic heterocycles. The summed E-state index contributed by atoms with van der Waals surface area (Å²) in [6, 6.07) is 0.449. The molecule has 24 heavy (non-hydrogen) atoms. The van der Waals surface area contributed by atoms with Gasteiger partial charge in [0.15, 0.2) is 0 Å². The zero-order valence-corrected chi connectivity index (χ0v) is 15.2. The van der Waals surface area contributed by atoms with E-state index in [-0.39, 0.29) is 5.95 Å². The van der Waals surface area contributed by atoms with Crippen molar-refractivity contribution in [1.82, 2.24) is 19.9 Å². The number of nitrogens with two attached hydrogens (primary N) is 1. The zero-order valence-electron chi connectivity index (χ0n) is 15.2. The maximum atomic E-state index is 5.86. The highest BCUT2D eigenvalue weighted by Gasteiger charge is 2.23. The van der Waals surface area contributed by atoms with Crippen LogP contribution in [0.3, 0.4) is 0 Å². The van der Waals surface area contributed by atoms with Gasteiger partial charge in [0, 0.05) is 19.6 Å². The normalized spacial score (nSPS) is 16.6. The monoisotopic (exact) mass is 333 g/mol. The smallest absolute Gasteiger partial charge is 0.231 e. The van der Waals surface area contributed by atoms with Crippen molar-refractivity contribution in [1.29, 1.82) is 0 Å². The fourth-order valence-corrected chi connectivity index (χ4v) is 2.84. The first-order valence-electron chi connectivity index (χ1n) is 8.92. The maximum Gasteiger partial charge on any atom is 0.231 e. The van der Waals surface area contributed by atoms with E-state index in [0.29, 0.717) is 24.5 Å². The average molecular weight is 333 g/mol. The van der Waals surface area contributed by atoms with Crippen LogP contribution in [0.1, 0.15) is 39.0 Å². The number of nitrogens with zero attached hydrogens (tertiary/aromatic N) is 5. The van der Waals surface area contributed by atoms with E-state index in [9.17, 15) is 0 Å². The van der Waals surface area contributed by atoms with Crippen molar-refractivity contribution in [3.8, 4) is 0 Å². The van der Waals surface area contributed by atoms with Crippen LogP contribution in [0.5, 0.6) is 0 Å². The molecule has 7 nitrogen and oxygen atoms in total. The molecule has 1 fully saturated rings. The molecule has 1 aliphatic heterocycles. The second-order valence-electron chi connectivity index (χ2n) is 6.46. The Kier molecular flexibility index (Phi) is 7.24. The van der Waals surface area contributed by atoms with Gasteiger partial charge >= 0.3 is 0 Å². The van der Waals surface area contributed by atoms with Gasteiger partial charge in [0.25, 0.3) is 0 Å². The highest BCUT2D eigenvalue weighted by atomic mass is 15.3. The number of piperidine rings is 1. The highest BCUT2D eigenvalue weighted by molar-refractivity contribution is 5.42. The number of hydrogen-bond donors (Lipinski definition) is 2. The Hall–Kier alpha value is -1.89. The van der Waals surface area contributed by atoms with Crippen LogP contribution >= 0.6 is 0 Å². The summed E-state index contributed by atoms with van der Waals surface area (Å²) in [6.45, 7) is 5.10. The third kappa shape index (κ3) is 5.63. The minimum absolute atomic E-state index is 0.261. The van der Waals surface area contributed by atoms with Gasteiger partial charge < -0.3 is 20.9 Å². The van der Waals surface area contributed by atoms with Crippen molar-refractivity contribution in [2.75, 3.05) is 49.7 Å². The summed E-state index contributed by atoms with van der Waals surface area (Å²) in [5, 5.41) is 3.20. The lowest BCUT2D eigenvalue weighted by molar-refractivity contribution is 0.252. The predicted octanol–water partition coefficient (Wildman–Crippen LogP) is 2.14. The number of nitrogen functional groups attached to an aromatic ring is 1. The van der Waals surface area contributed by atoms with Crippen molar-refractivity contribution in [3.05, 3.63) is 12.2 Å². The van der Waals surface area contributed by atoms with Gasteiger partial charge in [0.05, 0.1) is 0 Å². The first kappa shape index (κ1) is 18.4. The third-order valence-corrected chi connectivity index (χ3v) is 4.46. The summed E-state index contributed by atoms with van der Waals surface area (Å²) < 4.78 is 0. The topological polar surface area (TPSA) is 83.2 Å². The van der Waals surface area contributed by atoms with E-state index in [2.05, 4.69) is 56.2 Å². The Bertz CT molecular complexity index is 524. The number of rotatable bonds is 8. The van der Waals surface area contributed by atoms with Gasteiger partial charge in [-0.05, 0) is 39.4 Å². The van der Waals surface area contributed by atoms with Gasteiger partial charge in [-0.25, -0.2) is 0 Å². The van der Waals surface area contributed by atoms with Crippen molar-refractivity contribution in [2.24, 2.45) is 0 Å². The molecule has 1 saturated heterocycles. The quantitative estimate of drug-likeness (QED) is 0.557. The van der Waals surface area contributed by atoms with Gasteiger partial charge in [-0.1, -0.05) is 31.9 Å². The van der Waals surface area contributed by atoms with Gasteiger partial charge in [-0.2, -0.15) is 15.0 Å². The molecule has 134 valence electrons. The fraction of sp³-hybridized carbons (Fsp3) is 0.706. The van der Waals surface area contributed by atoms with Crippen molar-refractivity contribution < 1.29 is 0 Å². The second kappa shape index (κ2) is 9.42. The first-order chi connectivity index (χ1) is 11.6. The van der Waals surface area contributed by atoms with Crippen LogP contribution in [0.15, 0.2) is 12.2 Å². The molecule has 0 aliphatic carbocycles. The molecule has 1 aromatic rings. The summed E-state index contributed by atoms with van der Waals surface area (Å²) in [5.74, 6) is 1.45. The summed E-state index contributed by atoms with van der Waals surface area (Å²) >= 11 is 0. The van der Waals surface area contributed by atoms with E-state index in [1.165, 1.54) is 12.8 Å². The minimum Gasteiger partial charge on any atom is -0.368 e. The van der Waals surface area contributed by atoms with E-state index in [1.54, 1.807) is 0 Å². The van der Waals surface area contributed by atoms with Crippen LogP contribution in [0.4, 0.5) is 17.8 Å². The average Bonchev–Trinajstić information content (AvgIpc) is 2.57. The Morgan fingerprint density at radius 1 is 1.25 bits per heavy atom. The van der Waals surface area contributed by atoms with Crippen LogP contribution < -0.4 is 16.0 Å². The second-order valence-corrected chi connectivity index (χ2v) is 6.46. The summed E-state index contributed by atoms with van der Waals surface area (Å²) in [7, 11) is 4.20. The molecule has 1 aliphatic rings. The van der Waals surface area contributed by atoms with Crippen LogP contribution in [0, 0.1) is 0 Å². The molecule has 3 N–H and O–H groups in total. The lowest BCUT2D eigenvalue weighted by Gasteiger charge is -2.35. The number of unbranched alkanes of at least 4 members (excludes halogenated alkanes) is 2. The van der Waals surface area contributed by atoms with Crippen LogP contribution in [-0.2, 0) is 0 Å². The molecule has 0 spiro atoms. The molecule has 0 atom stereocenters. The number of aromatic nitrogens is 3. The van der Waals surface area contributed by atoms with Crippen molar-refractivity contribution in [2.45, 2.75) is 45.1 Å². The zero-order chi connectivity index (χ0) is 17.4. The van der Waals surface area contributed by atoms with Crippen molar-refractivity contribution in [3.63, 3.8) is 0 Å². The number of anilines is 3. The Labute approximate surface area is 145 Å². The highest BCUT2D eigenvalue weighted by Crippen LogP contribution is 2.19. The minimum atomic E-state index is 0.261. The molecule has 0 unspecified atom stereocenters. The third-order valence-electron chi connectivity index (χ3n) is 4.46. The van der Waals surface area contributed by atoms with Crippen molar-refractivity contribution >= 4 is 17.8 Å². The van der Waals surface area contributed by atoms with Crippen LogP contribution in [0.2, 0.25) is 0 Å². The van der Waals surface area contributed by atoms with Gasteiger partial charge in [0.2, 0.25) is 17.8 Å². The lowest BCUT2D eigenvalue weighted by Crippen LogP contribution is -2.42. The first-order valence-corrected chi connectivity index (χ1v) is 8.92. The molecule has 0 radical (unpaired) electrons. The van der Waals surface area contributed by atoms with E-state index in [4.69, 9.17) is 5.73 Å². The number of allylic oxidation sites excluding steroid dienone is 1. The Morgan fingerprint density at radius 3 is 2.71 bits per heavy atom. The van der Waals surface area contributed by atoms with E-state index in [0.717, 1.165) is 32.4 Å². The largest absolute Gasteiger partial charge is 0.368 e. The Morgan fingerprint density at radius 2 is 2.00 bits per heavy atom. The van der Waals surface area contributed by atoms with E-state index < -0.39 is 0 Å². The summed E-state index contributed by atoms with van der Waals surface area (Å²) in [6.07, 6.45) is 10.1. The van der Waals surface area contributed by atoms with Gasteiger partial charge in [-0.15, -0.1) is 0 Å². The van der Waals surface area contributed by atoms with Gasteiger partial charge in [0.1, 0.15) is 0 Å². The summed E-state index contributed by atoms with van der Waals surface area (Å²) in [4.78, 5) is 17.5. The van der Waals surface area contributed by atoms with E-state index in [1.807, 2.05) is 7.05 Å². The van der Waals surface area contributed by atoms with E-state index >= 15 is 0 Å². The predicted molar refractivity (Wildman–Crippen MR) is 100 cm³/mol. The molecular formula is C17H31N7. The lowest BCUT2D eigenvalue weighted by atomic mass is 10.0. The molecule has 0 saturated carbocycles. The molecule has 0 amide bonds. The number of likely N-dealkylation sites (tertiary alicyclic amines) is 1. The molecule has 0 aromatic carbocycles. The molecule has 2 heterocycles. The molecular weight excluding hydrogens is 302 g/mol. The van der Waals surface area contributed by atoms with Gasteiger partial charge in [-0.3, -0.25) is 0 Å². The fourth-order valence-electron chi connectivity index (χ4n) is 2.84.